The quantitative estimate of drug-likeness (QED) is 0.774. The maximum absolute atomic E-state index is 12.5. The molecule has 0 aromatic carbocycles. The van der Waals surface area contributed by atoms with E-state index >= 15 is 0 Å². The van der Waals surface area contributed by atoms with Gasteiger partial charge in [-0.2, -0.15) is 0 Å². The Bertz CT molecular complexity index is 310. The molecule has 0 N–H and O–H groups in total. The van der Waals surface area contributed by atoms with Crippen LogP contribution in [0.1, 0.15) is 45.4 Å². The summed E-state index contributed by atoms with van der Waals surface area (Å²) >= 11 is 0. The van der Waals surface area contributed by atoms with Crippen LogP contribution in [0.15, 0.2) is 0 Å². The van der Waals surface area contributed by atoms with Crippen LogP contribution >= 0.6 is 0 Å². The standard InChI is InChI=1S/C15H24O3/c1-11(12-2-3-12)14(16)13-4-7-18-15(10-13)5-8-17-9-6-15/h11-13H,2-10H2,1H3. The SMILES string of the molecule is CC(C(=O)C1CCOC2(CCOCC2)C1)C1CC1. The monoisotopic (exact) mass is 252 g/mol. The summed E-state index contributed by atoms with van der Waals surface area (Å²) < 4.78 is 11.4. The zero-order valence-electron chi connectivity index (χ0n) is 11.3. The molecule has 3 rings (SSSR count). The average Bonchev–Trinajstić information content (AvgIpc) is 3.22. The van der Waals surface area contributed by atoms with Crippen molar-refractivity contribution in [2.24, 2.45) is 17.8 Å². The molecule has 0 radical (unpaired) electrons. The van der Waals surface area contributed by atoms with Crippen LogP contribution in [-0.2, 0) is 14.3 Å². The van der Waals surface area contributed by atoms with Crippen LogP contribution in [0.5, 0.6) is 0 Å². The summed E-state index contributed by atoms with van der Waals surface area (Å²) in [6.07, 6.45) is 6.32. The van der Waals surface area contributed by atoms with E-state index in [1.807, 2.05) is 0 Å². The zero-order chi connectivity index (χ0) is 12.6. The third kappa shape index (κ3) is 2.48. The second-order valence-electron chi connectivity index (χ2n) is 6.36. The van der Waals surface area contributed by atoms with Crippen molar-refractivity contribution in [3.8, 4) is 0 Å². The van der Waals surface area contributed by atoms with E-state index in [0.29, 0.717) is 11.7 Å². The Labute approximate surface area is 109 Å². The maximum atomic E-state index is 12.5. The number of ketones is 1. The molecular formula is C15H24O3. The van der Waals surface area contributed by atoms with E-state index in [4.69, 9.17) is 9.47 Å². The molecule has 1 aliphatic carbocycles. The van der Waals surface area contributed by atoms with Gasteiger partial charge in [0.25, 0.3) is 0 Å². The number of rotatable bonds is 3. The fourth-order valence-electron chi connectivity index (χ4n) is 3.56. The van der Waals surface area contributed by atoms with Gasteiger partial charge in [-0.25, -0.2) is 0 Å². The summed E-state index contributed by atoms with van der Waals surface area (Å²) in [6.45, 7) is 4.47. The fraction of sp³-hybridized carbons (Fsp3) is 0.933. The maximum Gasteiger partial charge on any atom is 0.139 e. The van der Waals surface area contributed by atoms with Gasteiger partial charge in [0.05, 0.1) is 5.60 Å². The minimum Gasteiger partial charge on any atom is -0.381 e. The van der Waals surface area contributed by atoms with Crippen LogP contribution in [0, 0.1) is 17.8 Å². The summed E-state index contributed by atoms with van der Waals surface area (Å²) in [5, 5.41) is 0. The van der Waals surface area contributed by atoms with Gasteiger partial charge in [0.15, 0.2) is 0 Å². The summed E-state index contributed by atoms with van der Waals surface area (Å²) in [5.41, 5.74) is -0.0416. The summed E-state index contributed by atoms with van der Waals surface area (Å²) in [5.74, 6) is 1.72. The molecule has 3 aliphatic rings. The Kier molecular flexibility index (Phi) is 3.46. The van der Waals surface area contributed by atoms with E-state index < -0.39 is 0 Å². The topological polar surface area (TPSA) is 35.5 Å². The Morgan fingerprint density at radius 2 is 1.89 bits per heavy atom. The largest absolute Gasteiger partial charge is 0.381 e. The van der Waals surface area contributed by atoms with Crippen LogP contribution in [0.25, 0.3) is 0 Å². The summed E-state index contributed by atoms with van der Waals surface area (Å²) in [7, 11) is 0. The fourth-order valence-corrected chi connectivity index (χ4v) is 3.56. The molecule has 2 saturated heterocycles. The van der Waals surface area contributed by atoms with Crippen LogP contribution < -0.4 is 0 Å². The van der Waals surface area contributed by atoms with Crippen LogP contribution in [0.4, 0.5) is 0 Å². The van der Waals surface area contributed by atoms with E-state index in [2.05, 4.69) is 6.92 Å². The van der Waals surface area contributed by atoms with Gasteiger partial charge < -0.3 is 9.47 Å². The van der Waals surface area contributed by atoms with Gasteiger partial charge in [-0.05, 0) is 44.4 Å². The highest BCUT2D eigenvalue weighted by Gasteiger charge is 2.43. The first-order valence-corrected chi connectivity index (χ1v) is 7.46. The third-order valence-corrected chi connectivity index (χ3v) is 5.08. The molecule has 102 valence electrons. The van der Waals surface area contributed by atoms with Gasteiger partial charge in [-0.15, -0.1) is 0 Å². The van der Waals surface area contributed by atoms with E-state index in [9.17, 15) is 4.79 Å². The van der Waals surface area contributed by atoms with Crippen molar-refractivity contribution in [2.45, 2.75) is 51.0 Å². The van der Waals surface area contributed by atoms with Crippen LogP contribution in [-0.4, -0.2) is 31.2 Å². The molecule has 3 nitrogen and oxygen atoms in total. The highest BCUT2D eigenvalue weighted by atomic mass is 16.5. The van der Waals surface area contributed by atoms with Gasteiger partial charge in [0, 0.05) is 31.7 Å². The van der Waals surface area contributed by atoms with Gasteiger partial charge >= 0.3 is 0 Å². The molecule has 18 heavy (non-hydrogen) atoms. The molecule has 0 aromatic heterocycles. The molecule has 2 aliphatic heterocycles. The minimum atomic E-state index is -0.0416. The number of Topliss-reactive ketones (excluding diaryl/α,β-unsaturated/α-hetero) is 1. The summed E-state index contributed by atoms with van der Waals surface area (Å²) in [4.78, 5) is 12.5. The molecule has 1 saturated carbocycles. The van der Waals surface area contributed by atoms with E-state index in [1.165, 1.54) is 12.8 Å². The molecule has 1 spiro atoms. The highest BCUT2D eigenvalue weighted by molar-refractivity contribution is 5.83. The lowest BCUT2D eigenvalue weighted by molar-refractivity contribution is -0.159. The Balaban J connectivity index is 1.63. The number of carbonyl (C=O) groups excluding carboxylic acids is 1. The van der Waals surface area contributed by atoms with Gasteiger partial charge in [0.1, 0.15) is 5.78 Å². The normalized spacial score (nSPS) is 33.3. The number of hydrogen-bond donors (Lipinski definition) is 0. The molecule has 2 unspecified atom stereocenters. The summed E-state index contributed by atoms with van der Waals surface area (Å²) in [6, 6.07) is 0. The number of hydrogen-bond acceptors (Lipinski definition) is 3. The smallest absolute Gasteiger partial charge is 0.139 e. The Morgan fingerprint density at radius 1 is 1.17 bits per heavy atom. The number of carbonyl (C=O) groups is 1. The molecule has 2 heterocycles. The second-order valence-corrected chi connectivity index (χ2v) is 6.36. The molecule has 0 bridgehead atoms. The van der Waals surface area contributed by atoms with Crippen LogP contribution in [0.2, 0.25) is 0 Å². The molecule has 2 atom stereocenters. The lowest BCUT2D eigenvalue weighted by atomic mass is 9.76. The second kappa shape index (κ2) is 4.93. The highest BCUT2D eigenvalue weighted by Crippen LogP contribution is 2.42. The first-order valence-electron chi connectivity index (χ1n) is 7.46. The van der Waals surface area contributed by atoms with Gasteiger partial charge in [-0.3, -0.25) is 4.79 Å². The molecule has 0 amide bonds. The first-order chi connectivity index (χ1) is 8.70. The Hall–Kier alpha value is -0.410. The zero-order valence-corrected chi connectivity index (χ0v) is 11.3. The molecule has 3 fully saturated rings. The first kappa shape index (κ1) is 12.6. The van der Waals surface area contributed by atoms with Crippen molar-refractivity contribution in [1.29, 1.82) is 0 Å². The minimum absolute atomic E-state index is 0.0416. The predicted molar refractivity (Wildman–Crippen MR) is 68.4 cm³/mol. The van der Waals surface area contributed by atoms with E-state index in [1.54, 1.807) is 0 Å². The van der Waals surface area contributed by atoms with Crippen molar-refractivity contribution in [2.75, 3.05) is 19.8 Å². The van der Waals surface area contributed by atoms with Crippen molar-refractivity contribution in [3.05, 3.63) is 0 Å². The predicted octanol–water partition coefficient (Wildman–Crippen LogP) is 2.58. The van der Waals surface area contributed by atoms with Crippen molar-refractivity contribution in [1.82, 2.24) is 0 Å². The van der Waals surface area contributed by atoms with E-state index in [-0.39, 0.29) is 17.4 Å². The van der Waals surface area contributed by atoms with Crippen molar-refractivity contribution < 1.29 is 14.3 Å². The van der Waals surface area contributed by atoms with Crippen molar-refractivity contribution in [3.63, 3.8) is 0 Å². The lowest BCUT2D eigenvalue weighted by Gasteiger charge is -2.43. The molecule has 0 aromatic rings. The lowest BCUT2D eigenvalue weighted by Crippen LogP contribution is -2.46. The van der Waals surface area contributed by atoms with Crippen LogP contribution in [0.3, 0.4) is 0 Å². The van der Waals surface area contributed by atoms with Gasteiger partial charge in [0.2, 0.25) is 0 Å². The Morgan fingerprint density at radius 3 is 2.56 bits per heavy atom. The molecular weight excluding hydrogens is 228 g/mol. The number of ether oxygens (including phenoxy) is 2. The third-order valence-electron chi connectivity index (χ3n) is 5.08. The van der Waals surface area contributed by atoms with E-state index in [0.717, 1.165) is 45.5 Å². The van der Waals surface area contributed by atoms with Crippen molar-refractivity contribution >= 4 is 5.78 Å². The van der Waals surface area contributed by atoms with Gasteiger partial charge in [-0.1, -0.05) is 6.92 Å². The molecule has 3 heteroatoms. The average molecular weight is 252 g/mol.